The van der Waals surface area contributed by atoms with Crippen LogP contribution >= 0.6 is 11.6 Å². The molecule has 2 aromatic carbocycles. The number of nitrogens with one attached hydrogen (secondary N) is 2. The average Bonchev–Trinajstić information content (AvgIpc) is 2.62. The molecule has 0 aliphatic carbocycles. The molecule has 0 unspecified atom stereocenters. The SMILES string of the molecule is CC(=O)c1cccc(NC(=O)CN(C)CC(=O)Nc2ccc(Cl)c(C(F)(F)F)c2)c1. The van der Waals surface area contributed by atoms with E-state index in [9.17, 15) is 27.6 Å². The fourth-order valence-electron chi connectivity index (χ4n) is 2.58. The number of hydrogen-bond donors (Lipinski definition) is 2. The predicted molar refractivity (Wildman–Crippen MR) is 108 cm³/mol. The molecule has 0 spiro atoms. The molecule has 0 bridgehead atoms. The maximum Gasteiger partial charge on any atom is 0.417 e. The number of benzene rings is 2. The maximum atomic E-state index is 12.9. The zero-order valence-corrected chi connectivity index (χ0v) is 16.9. The van der Waals surface area contributed by atoms with Crippen LogP contribution in [0, 0.1) is 0 Å². The third-order valence-electron chi connectivity index (χ3n) is 3.94. The van der Waals surface area contributed by atoms with Crippen LogP contribution in [0.1, 0.15) is 22.8 Å². The van der Waals surface area contributed by atoms with Gasteiger partial charge in [-0.25, -0.2) is 0 Å². The second-order valence-electron chi connectivity index (χ2n) is 6.60. The molecule has 2 amide bonds. The summed E-state index contributed by atoms with van der Waals surface area (Å²) in [4.78, 5) is 37.0. The van der Waals surface area contributed by atoms with E-state index in [1.807, 2.05) is 0 Å². The van der Waals surface area contributed by atoms with Crippen molar-refractivity contribution >= 4 is 40.6 Å². The van der Waals surface area contributed by atoms with E-state index in [0.29, 0.717) is 11.3 Å². The fraction of sp³-hybridized carbons (Fsp3) is 0.250. The Balaban J connectivity index is 1.91. The Kier molecular flexibility index (Phi) is 7.58. The van der Waals surface area contributed by atoms with Crippen LogP contribution in [0.15, 0.2) is 42.5 Å². The summed E-state index contributed by atoms with van der Waals surface area (Å²) in [6.45, 7) is 1.03. The first-order valence-electron chi connectivity index (χ1n) is 8.71. The number of Topliss-reactive ketones (excluding diaryl/α,β-unsaturated/α-hetero) is 1. The van der Waals surface area contributed by atoms with Crippen LogP contribution in [0.25, 0.3) is 0 Å². The summed E-state index contributed by atoms with van der Waals surface area (Å²) in [6.07, 6.45) is -4.65. The molecule has 0 heterocycles. The molecule has 6 nitrogen and oxygen atoms in total. The van der Waals surface area contributed by atoms with Crippen molar-refractivity contribution < 1.29 is 27.6 Å². The van der Waals surface area contributed by atoms with Crippen molar-refractivity contribution in [3.05, 3.63) is 58.6 Å². The lowest BCUT2D eigenvalue weighted by molar-refractivity contribution is -0.137. The van der Waals surface area contributed by atoms with Gasteiger partial charge in [-0.05, 0) is 44.3 Å². The number of nitrogens with zero attached hydrogens (tertiary/aromatic N) is 1. The quantitative estimate of drug-likeness (QED) is 0.635. The highest BCUT2D eigenvalue weighted by molar-refractivity contribution is 6.31. The topological polar surface area (TPSA) is 78.5 Å². The fourth-order valence-corrected chi connectivity index (χ4v) is 2.81. The van der Waals surface area contributed by atoms with E-state index in [1.54, 1.807) is 18.2 Å². The smallest absolute Gasteiger partial charge is 0.325 e. The Morgan fingerprint density at radius 1 is 0.967 bits per heavy atom. The zero-order chi connectivity index (χ0) is 22.5. The molecule has 30 heavy (non-hydrogen) atoms. The Morgan fingerprint density at radius 2 is 1.53 bits per heavy atom. The molecule has 0 radical (unpaired) electrons. The van der Waals surface area contributed by atoms with Crippen molar-refractivity contribution in [1.29, 1.82) is 0 Å². The molecule has 2 N–H and O–H groups in total. The zero-order valence-electron chi connectivity index (χ0n) is 16.1. The highest BCUT2D eigenvalue weighted by Gasteiger charge is 2.33. The summed E-state index contributed by atoms with van der Waals surface area (Å²) in [5.41, 5.74) is -0.230. The first-order valence-corrected chi connectivity index (χ1v) is 9.09. The van der Waals surface area contributed by atoms with E-state index >= 15 is 0 Å². The molecule has 0 saturated heterocycles. The minimum Gasteiger partial charge on any atom is -0.325 e. The third kappa shape index (κ3) is 6.85. The Labute approximate surface area is 176 Å². The van der Waals surface area contributed by atoms with Gasteiger partial charge in [-0.3, -0.25) is 19.3 Å². The lowest BCUT2D eigenvalue weighted by Gasteiger charge is -2.17. The first kappa shape index (κ1) is 23.4. The predicted octanol–water partition coefficient (Wildman–Crippen LogP) is 4.07. The normalized spacial score (nSPS) is 11.3. The Morgan fingerprint density at radius 3 is 2.07 bits per heavy atom. The lowest BCUT2D eigenvalue weighted by Crippen LogP contribution is -2.36. The molecule has 160 valence electrons. The van der Waals surface area contributed by atoms with Gasteiger partial charge in [0, 0.05) is 16.9 Å². The second-order valence-corrected chi connectivity index (χ2v) is 7.01. The Hall–Kier alpha value is -2.91. The highest BCUT2D eigenvalue weighted by atomic mass is 35.5. The highest BCUT2D eigenvalue weighted by Crippen LogP contribution is 2.36. The number of amides is 2. The largest absolute Gasteiger partial charge is 0.417 e. The van der Waals surface area contributed by atoms with Gasteiger partial charge in [-0.1, -0.05) is 23.7 Å². The molecule has 0 aliphatic heterocycles. The molecular weight excluding hydrogens is 423 g/mol. The number of likely N-dealkylation sites (N-methyl/N-ethyl adjacent to an activating group) is 1. The number of alkyl halides is 3. The van der Waals surface area contributed by atoms with Gasteiger partial charge in [0.2, 0.25) is 11.8 Å². The van der Waals surface area contributed by atoms with E-state index in [2.05, 4.69) is 10.6 Å². The number of halogens is 4. The summed E-state index contributed by atoms with van der Waals surface area (Å²) >= 11 is 5.55. The summed E-state index contributed by atoms with van der Waals surface area (Å²) in [5.74, 6) is -1.16. The number of rotatable bonds is 7. The minimum absolute atomic E-state index is 0.0596. The van der Waals surface area contributed by atoms with Crippen LogP contribution < -0.4 is 10.6 Å². The van der Waals surface area contributed by atoms with Crippen LogP contribution in [0.3, 0.4) is 0 Å². The minimum atomic E-state index is -4.65. The average molecular weight is 442 g/mol. The van der Waals surface area contributed by atoms with Gasteiger partial charge in [0.05, 0.1) is 23.7 Å². The van der Waals surface area contributed by atoms with Crippen LogP contribution in [-0.2, 0) is 15.8 Å². The van der Waals surface area contributed by atoms with Crippen LogP contribution in [-0.4, -0.2) is 42.6 Å². The molecule has 0 aromatic heterocycles. The number of anilines is 2. The van der Waals surface area contributed by atoms with Gasteiger partial charge >= 0.3 is 6.18 Å². The van der Waals surface area contributed by atoms with Crippen molar-refractivity contribution in [3.63, 3.8) is 0 Å². The molecule has 2 aromatic rings. The van der Waals surface area contributed by atoms with Crippen LogP contribution in [0.4, 0.5) is 24.5 Å². The number of hydrogen-bond acceptors (Lipinski definition) is 4. The molecule has 0 fully saturated rings. The number of carbonyl (C=O) groups excluding carboxylic acids is 3. The van der Waals surface area contributed by atoms with Crippen LogP contribution in [0.2, 0.25) is 5.02 Å². The van der Waals surface area contributed by atoms with E-state index in [1.165, 1.54) is 31.0 Å². The summed E-state index contributed by atoms with van der Waals surface area (Å²) in [6, 6.07) is 9.45. The molecule has 10 heteroatoms. The standard InChI is InChI=1S/C20H19ClF3N3O3/c1-12(28)13-4-3-5-14(8-13)25-18(29)10-27(2)11-19(30)26-15-6-7-17(21)16(9-15)20(22,23)24/h3-9H,10-11H2,1-2H3,(H,25,29)(H,26,30). The van der Waals surface area contributed by atoms with Gasteiger partial charge < -0.3 is 10.6 Å². The number of ketones is 1. The Bertz CT molecular complexity index is 964. The summed E-state index contributed by atoms with van der Waals surface area (Å²) < 4.78 is 38.7. The summed E-state index contributed by atoms with van der Waals surface area (Å²) in [5, 5.41) is 4.49. The van der Waals surface area contributed by atoms with Crippen molar-refractivity contribution in [1.82, 2.24) is 4.90 Å². The van der Waals surface area contributed by atoms with Gasteiger partial charge in [-0.15, -0.1) is 0 Å². The van der Waals surface area contributed by atoms with Crippen LogP contribution in [0.5, 0.6) is 0 Å². The molecule has 0 saturated carbocycles. The molecule has 0 atom stereocenters. The van der Waals surface area contributed by atoms with E-state index in [0.717, 1.165) is 12.1 Å². The summed E-state index contributed by atoms with van der Waals surface area (Å²) in [7, 11) is 1.51. The third-order valence-corrected chi connectivity index (χ3v) is 4.27. The molecular formula is C20H19ClF3N3O3. The maximum absolute atomic E-state index is 12.9. The van der Waals surface area contributed by atoms with Gasteiger partial charge in [0.1, 0.15) is 0 Å². The molecule has 0 aliphatic rings. The van der Waals surface area contributed by atoms with Crippen molar-refractivity contribution in [2.45, 2.75) is 13.1 Å². The van der Waals surface area contributed by atoms with Crippen molar-refractivity contribution in [2.75, 3.05) is 30.8 Å². The number of carbonyl (C=O) groups is 3. The van der Waals surface area contributed by atoms with Gasteiger partial charge in [0.15, 0.2) is 5.78 Å². The van der Waals surface area contributed by atoms with E-state index in [4.69, 9.17) is 11.6 Å². The first-order chi connectivity index (χ1) is 14.0. The lowest BCUT2D eigenvalue weighted by atomic mass is 10.1. The monoisotopic (exact) mass is 441 g/mol. The van der Waals surface area contributed by atoms with Gasteiger partial charge in [0.25, 0.3) is 0 Å². The van der Waals surface area contributed by atoms with E-state index < -0.39 is 28.6 Å². The van der Waals surface area contributed by atoms with E-state index in [-0.39, 0.29) is 24.6 Å². The second kappa shape index (κ2) is 9.73. The molecule has 2 rings (SSSR count). The van der Waals surface area contributed by atoms with Gasteiger partial charge in [-0.2, -0.15) is 13.2 Å². The van der Waals surface area contributed by atoms with Crippen molar-refractivity contribution in [2.24, 2.45) is 0 Å². The van der Waals surface area contributed by atoms with Crippen molar-refractivity contribution in [3.8, 4) is 0 Å².